The topological polar surface area (TPSA) is 37.8 Å². The molecule has 3 rings (SSSR count). The van der Waals surface area contributed by atoms with Gasteiger partial charge in [0.2, 0.25) is 0 Å². The summed E-state index contributed by atoms with van der Waals surface area (Å²) in [6.45, 7) is 4.63. The molecule has 4 heteroatoms. The molecule has 1 unspecified atom stereocenters. The fourth-order valence-corrected chi connectivity index (χ4v) is 3.49. The Morgan fingerprint density at radius 2 is 2.26 bits per heavy atom. The van der Waals surface area contributed by atoms with Gasteiger partial charge in [-0.1, -0.05) is 19.9 Å². The Morgan fingerprint density at radius 1 is 1.42 bits per heavy atom. The minimum atomic E-state index is 0.293. The van der Waals surface area contributed by atoms with Crippen molar-refractivity contribution in [2.75, 3.05) is 7.05 Å². The minimum absolute atomic E-state index is 0.293. The molecule has 1 N–H and O–H groups in total. The number of hydrogen-bond acceptors (Lipinski definition) is 4. The van der Waals surface area contributed by atoms with Crippen molar-refractivity contribution in [2.45, 2.75) is 32.7 Å². The van der Waals surface area contributed by atoms with Gasteiger partial charge in [0.05, 0.1) is 4.88 Å². The van der Waals surface area contributed by atoms with E-state index in [1.165, 1.54) is 11.3 Å². The summed E-state index contributed by atoms with van der Waals surface area (Å²) in [5, 5.41) is 5.46. The molecule has 2 aromatic heterocycles. The van der Waals surface area contributed by atoms with Crippen LogP contribution in [-0.4, -0.2) is 17.0 Å². The molecule has 0 amide bonds. The Bertz CT molecular complexity index is 575. The molecule has 100 valence electrons. The Balaban J connectivity index is 2.04. The molecule has 0 fully saturated rings. The first kappa shape index (κ1) is 12.8. The maximum atomic E-state index is 4.81. The molecule has 0 spiro atoms. The Kier molecular flexibility index (Phi) is 3.15. The molecule has 1 aliphatic carbocycles. The summed E-state index contributed by atoms with van der Waals surface area (Å²) in [4.78, 5) is 10.5. The van der Waals surface area contributed by atoms with Gasteiger partial charge in [-0.3, -0.25) is 0 Å². The second-order valence-corrected chi connectivity index (χ2v) is 6.91. The normalized spacial score (nSPS) is 21.1. The van der Waals surface area contributed by atoms with Crippen LogP contribution in [0.4, 0.5) is 0 Å². The van der Waals surface area contributed by atoms with E-state index in [2.05, 4.69) is 35.6 Å². The van der Waals surface area contributed by atoms with Gasteiger partial charge in [-0.15, -0.1) is 11.3 Å². The maximum Gasteiger partial charge on any atom is 0.169 e. The van der Waals surface area contributed by atoms with Gasteiger partial charge in [-0.2, -0.15) is 0 Å². The first-order valence-corrected chi connectivity index (χ1v) is 7.54. The van der Waals surface area contributed by atoms with E-state index >= 15 is 0 Å². The average Bonchev–Trinajstić information content (AvgIpc) is 2.89. The minimum Gasteiger partial charge on any atom is -0.313 e. The van der Waals surface area contributed by atoms with Crippen molar-refractivity contribution >= 4 is 11.3 Å². The van der Waals surface area contributed by atoms with Gasteiger partial charge < -0.3 is 5.32 Å². The van der Waals surface area contributed by atoms with Gasteiger partial charge >= 0.3 is 0 Å². The number of rotatable bonds is 2. The highest BCUT2D eigenvalue weighted by Gasteiger charge is 2.32. The van der Waals surface area contributed by atoms with Gasteiger partial charge in [0.1, 0.15) is 0 Å². The van der Waals surface area contributed by atoms with E-state index in [-0.39, 0.29) is 0 Å². The highest BCUT2D eigenvalue weighted by atomic mass is 32.1. The monoisotopic (exact) mass is 273 g/mol. The predicted molar refractivity (Wildman–Crippen MR) is 79.2 cm³/mol. The van der Waals surface area contributed by atoms with E-state index in [0.29, 0.717) is 11.5 Å². The standard InChI is InChI=1S/C15H19N3S/c1-15(2)7-11(16-3)10-9-17-14(18-12(10)8-15)13-5-4-6-19-13/h4-6,9,11,16H,7-8H2,1-3H3. The summed E-state index contributed by atoms with van der Waals surface area (Å²) in [6, 6.07) is 4.50. The van der Waals surface area contributed by atoms with E-state index in [9.17, 15) is 0 Å². The average molecular weight is 273 g/mol. The lowest BCUT2D eigenvalue weighted by Gasteiger charge is -2.36. The van der Waals surface area contributed by atoms with Crippen LogP contribution in [0.5, 0.6) is 0 Å². The molecule has 19 heavy (non-hydrogen) atoms. The van der Waals surface area contributed by atoms with E-state index in [4.69, 9.17) is 4.98 Å². The lowest BCUT2D eigenvalue weighted by Crippen LogP contribution is -2.32. The molecule has 2 heterocycles. The van der Waals surface area contributed by atoms with Gasteiger partial charge in [-0.25, -0.2) is 9.97 Å². The number of thiophene rings is 1. The number of nitrogens with one attached hydrogen (secondary N) is 1. The third-order valence-corrected chi connectivity index (χ3v) is 4.63. The molecule has 3 nitrogen and oxygen atoms in total. The Labute approximate surface area is 118 Å². The highest BCUT2D eigenvalue weighted by Crippen LogP contribution is 2.40. The van der Waals surface area contributed by atoms with Crippen LogP contribution in [-0.2, 0) is 6.42 Å². The number of aromatic nitrogens is 2. The molecule has 1 atom stereocenters. The maximum absolute atomic E-state index is 4.81. The fourth-order valence-electron chi connectivity index (χ4n) is 2.83. The van der Waals surface area contributed by atoms with E-state index in [0.717, 1.165) is 23.5 Å². The quantitative estimate of drug-likeness (QED) is 0.911. The van der Waals surface area contributed by atoms with Gasteiger partial charge in [0.25, 0.3) is 0 Å². The van der Waals surface area contributed by atoms with Crippen molar-refractivity contribution in [3.8, 4) is 10.7 Å². The smallest absolute Gasteiger partial charge is 0.169 e. The lowest BCUT2D eigenvalue weighted by atomic mass is 9.74. The molecular weight excluding hydrogens is 254 g/mol. The molecule has 0 aromatic carbocycles. The van der Waals surface area contributed by atoms with Crippen molar-refractivity contribution < 1.29 is 0 Å². The summed E-state index contributed by atoms with van der Waals surface area (Å²) in [7, 11) is 2.02. The molecular formula is C15H19N3S. The van der Waals surface area contributed by atoms with Crippen LogP contribution in [0, 0.1) is 5.41 Å². The summed E-state index contributed by atoms with van der Waals surface area (Å²) in [6.07, 6.45) is 4.17. The number of hydrogen-bond donors (Lipinski definition) is 1. The van der Waals surface area contributed by atoms with Crippen LogP contribution in [0.3, 0.4) is 0 Å². The summed E-state index contributed by atoms with van der Waals surface area (Å²) >= 11 is 1.69. The number of fused-ring (bicyclic) bond motifs is 1. The van der Waals surface area contributed by atoms with E-state index in [1.54, 1.807) is 11.3 Å². The van der Waals surface area contributed by atoms with Crippen molar-refractivity contribution in [2.24, 2.45) is 5.41 Å². The lowest BCUT2D eigenvalue weighted by molar-refractivity contribution is 0.260. The summed E-state index contributed by atoms with van der Waals surface area (Å²) in [5.41, 5.74) is 2.76. The van der Waals surface area contributed by atoms with Crippen LogP contribution >= 0.6 is 11.3 Å². The zero-order valence-corrected chi connectivity index (χ0v) is 12.4. The van der Waals surface area contributed by atoms with Gasteiger partial charge in [-0.05, 0) is 36.8 Å². The van der Waals surface area contributed by atoms with Crippen molar-refractivity contribution in [3.05, 3.63) is 35.0 Å². The Hall–Kier alpha value is -1.26. The van der Waals surface area contributed by atoms with Gasteiger partial charge in [0.15, 0.2) is 5.82 Å². The van der Waals surface area contributed by atoms with Crippen LogP contribution in [0.2, 0.25) is 0 Å². The molecule has 0 saturated carbocycles. The largest absolute Gasteiger partial charge is 0.313 e. The number of nitrogens with zero attached hydrogens (tertiary/aromatic N) is 2. The van der Waals surface area contributed by atoms with Crippen molar-refractivity contribution in [1.29, 1.82) is 0 Å². The van der Waals surface area contributed by atoms with Gasteiger partial charge in [0, 0.05) is 23.5 Å². The third kappa shape index (κ3) is 2.42. The first-order valence-electron chi connectivity index (χ1n) is 6.66. The zero-order valence-electron chi connectivity index (χ0n) is 11.6. The van der Waals surface area contributed by atoms with E-state index in [1.807, 2.05) is 19.3 Å². The highest BCUT2D eigenvalue weighted by molar-refractivity contribution is 7.13. The predicted octanol–water partition coefficient (Wildman–Crippen LogP) is 3.44. The SMILES string of the molecule is CNC1CC(C)(C)Cc2nc(-c3cccs3)ncc21. The van der Waals surface area contributed by atoms with Crippen LogP contribution < -0.4 is 5.32 Å². The second-order valence-electron chi connectivity index (χ2n) is 5.96. The molecule has 0 radical (unpaired) electrons. The van der Waals surface area contributed by atoms with Crippen LogP contribution in [0.1, 0.15) is 37.6 Å². The Morgan fingerprint density at radius 3 is 2.95 bits per heavy atom. The molecule has 0 aliphatic heterocycles. The summed E-state index contributed by atoms with van der Waals surface area (Å²) in [5.74, 6) is 0.862. The summed E-state index contributed by atoms with van der Waals surface area (Å²) < 4.78 is 0. The van der Waals surface area contributed by atoms with Crippen LogP contribution in [0.25, 0.3) is 10.7 Å². The first-order chi connectivity index (χ1) is 9.09. The fraction of sp³-hybridized carbons (Fsp3) is 0.467. The molecule has 0 bridgehead atoms. The molecule has 2 aromatic rings. The zero-order chi connectivity index (χ0) is 13.5. The van der Waals surface area contributed by atoms with Crippen molar-refractivity contribution in [1.82, 2.24) is 15.3 Å². The molecule has 1 aliphatic rings. The van der Waals surface area contributed by atoms with Crippen LogP contribution in [0.15, 0.2) is 23.7 Å². The molecule has 0 saturated heterocycles. The third-order valence-electron chi connectivity index (χ3n) is 3.77. The van der Waals surface area contributed by atoms with Crippen molar-refractivity contribution in [3.63, 3.8) is 0 Å². The second kappa shape index (κ2) is 4.69. The van der Waals surface area contributed by atoms with E-state index < -0.39 is 0 Å².